The number of benzene rings is 1. The number of ether oxygens (including phenoxy) is 2. The van der Waals surface area contributed by atoms with Crippen LogP contribution in [0.3, 0.4) is 0 Å². The Kier molecular flexibility index (Phi) is 14.9. The quantitative estimate of drug-likeness (QED) is 0.246. The summed E-state index contributed by atoms with van der Waals surface area (Å²) in [4.78, 5) is 66.4. The lowest BCUT2D eigenvalue weighted by atomic mass is 9.83. The Morgan fingerprint density at radius 2 is 1.70 bits per heavy atom. The maximum atomic E-state index is 14.5. The highest BCUT2D eigenvalue weighted by Crippen LogP contribution is 2.29. The third kappa shape index (κ3) is 11.4. The van der Waals surface area contributed by atoms with Crippen LogP contribution in [0.4, 0.5) is 9.59 Å². The first kappa shape index (κ1) is 40.0. The van der Waals surface area contributed by atoms with E-state index in [1.54, 1.807) is 18.1 Å². The average Bonchev–Trinajstić information content (AvgIpc) is 3.89. The van der Waals surface area contributed by atoms with Gasteiger partial charge in [0.15, 0.2) is 6.10 Å². The molecular formula is C39H59N7O7. The number of H-pyrrole nitrogens is 1. The molecule has 0 spiro atoms. The number of carbonyl (C=O) groups excluding carboxylic acids is 4. The van der Waals surface area contributed by atoms with Crippen molar-refractivity contribution in [1.82, 2.24) is 35.1 Å². The zero-order valence-corrected chi connectivity index (χ0v) is 31.7. The molecule has 2 aliphatic heterocycles. The van der Waals surface area contributed by atoms with E-state index in [1.165, 1.54) is 27.7 Å². The van der Waals surface area contributed by atoms with Gasteiger partial charge in [-0.1, -0.05) is 76.3 Å². The number of carbonyl (C=O) groups is 4. The first-order valence-corrected chi connectivity index (χ1v) is 19.5. The van der Waals surface area contributed by atoms with Crippen LogP contribution in [0, 0.1) is 11.8 Å². The highest BCUT2D eigenvalue weighted by Gasteiger charge is 2.40. The molecule has 292 valence electrons. The fourth-order valence-corrected chi connectivity index (χ4v) is 7.57. The van der Waals surface area contributed by atoms with Gasteiger partial charge in [-0.05, 0) is 43.1 Å². The molecule has 0 radical (unpaired) electrons. The number of urea groups is 1. The van der Waals surface area contributed by atoms with Crippen molar-refractivity contribution in [2.75, 3.05) is 46.4 Å². The van der Waals surface area contributed by atoms with Crippen molar-refractivity contribution >= 4 is 23.9 Å². The summed E-state index contributed by atoms with van der Waals surface area (Å²) in [7, 11) is 1.54. The van der Waals surface area contributed by atoms with E-state index in [-0.39, 0.29) is 25.4 Å². The molecule has 3 fully saturated rings. The number of aromatic amines is 1. The lowest BCUT2D eigenvalue weighted by Crippen LogP contribution is -2.57. The normalized spacial score (nSPS) is 19.1. The average molecular weight is 738 g/mol. The summed E-state index contributed by atoms with van der Waals surface area (Å²) in [6.45, 7) is 6.54. The van der Waals surface area contributed by atoms with E-state index < -0.39 is 42.2 Å². The van der Waals surface area contributed by atoms with Crippen LogP contribution in [0.25, 0.3) is 0 Å². The number of aliphatic hydroxyl groups excluding tert-OH is 1. The first-order valence-electron chi connectivity index (χ1n) is 19.5. The van der Waals surface area contributed by atoms with Crippen molar-refractivity contribution in [2.24, 2.45) is 11.8 Å². The number of likely N-dealkylation sites (N-methyl/N-ethyl adjacent to an activating group) is 1. The van der Waals surface area contributed by atoms with Gasteiger partial charge in [-0.2, -0.15) is 0 Å². The fraction of sp³-hybridized carbons (Fsp3) is 0.667. The highest BCUT2D eigenvalue weighted by molar-refractivity contribution is 5.91. The Morgan fingerprint density at radius 1 is 0.981 bits per heavy atom. The number of morpholine rings is 1. The molecule has 4 atom stereocenters. The molecule has 5 rings (SSSR count). The second kappa shape index (κ2) is 19.8. The topological polar surface area (TPSA) is 161 Å². The number of aliphatic hydroxyl groups is 1. The maximum absolute atomic E-state index is 14.5. The largest absolute Gasteiger partial charge is 0.434 e. The summed E-state index contributed by atoms with van der Waals surface area (Å²) in [6, 6.07) is 7.45. The summed E-state index contributed by atoms with van der Waals surface area (Å²) < 4.78 is 11.4. The number of hydrogen-bond acceptors (Lipinski definition) is 8. The van der Waals surface area contributed by atoms with E-state index in [1.807, 2.05) is 30.3 Å². The number of hydrogen-bond donors (Lipinski definition) is 3. The lowest BCUT2D eigenvalue weighted by Gasteiger charge is -2.36. The van der Waals surface area contributed by atoms with Crippen LogP contribution >= 0.6 is 0 Å². The van der Waals surface area contributed by atoms with Crippen molar-refractivity contribution in [3.8, 4) is 0 Å². The standard InChI is InChI=1S/C39H59N7O7/c1-28(2)15-16-34(47)32(23-29-11-6-4-7-12-29)42-36(48)33(25-31-26-40-27-41-31)43(3)37(49)35(24-30-13-8-5-9-14-30)53-39(51)46-18-10-17-45(46)38(50)44-19-21-52-22-20-44/h5,8-9,13-14,26-29,32-35,47H,4,6-7,10-12,15-25H2,1-3H3,(H,40,41)(H,42,48)/t32?,33-,34?,35?/m0/s1. The molecule has 0 bridgehead atoms. The maximum Gasteiger partial charge on any atom is 0.429 e. The second-order valence-electron chi connectivity index (χ2n) is 15.2. The number of hydrazine groups is 1. The number of nitrogens with one attached hydrogen (secondary N) is 2. The summed E-state index contributed by atoms with van der Waals surface area (Å²) in [5, 5.41) is 17.2. The summed E-state index contributed by atoms with van der Waals surface area (Å²) in [5.41, 5.74) is 1.35. The molecule has 1 saturated carbocycles. The third-order valence-corrected chi connectivity index (χ3v) is 10.7. The summed E-state index contributed by atoms with van der Waals surface area (Å²) >= 11 is 0. The number of imidazole rings is 1. The number of aromatic nitrogens is 2. The zero-order chi connectivity index (χ0) is 37.7. The molecule has 1 aromatic carbocycles. The van der Waals surface area contributed by atoms with E-state index in [0.29, 0.717) is 69.6 Å². The van der Waals surface area contributed by atoms with Gasteiger partial charge in [-0.15, -0.1) is 0 Å². The van der Waals surface area contributed by atoms with Crippen molar-refractivity contribution in [1.29, 1.82) is 0 Å². The van der Waals surface area contributed by atoms with E-state index >= 15 is 0 Å². The Balaban J connectivity index is 1.36. The fourth-order valence-electron chi connectivity index (χ4n) is 7.57. The van der Waals surface area contributed by atoms with Crippen molar-refractivity contribution in [2.45, 2.75) is 109 Å². The predicted molar refractivity (Wildman–Crippen MR) is 198 cm³/mol. The monoisotopic (exact) mass is 737 g/mol. The van der Waals surface area contributed by atoms with E-state index in [0.717, 1.165) is 37.7 Å². The summed E-state index contributed by atoms with van der Waals surface area (Å²) in [5.74, 6) is -0.157. The number of rotatable bonds is 15. The van der Waals surface area contributed by atoms with E-state index in [9.17, 15) is 24.3 Å². The second-order valence-corrected chi connectivity index (χ2v) is 15.2. The molecule has 14 nitrogen and oxygen atoms in total. The van der Waals surface area contributed by atoms with Crippen molar-refractivity contribution in [3.63, 3.8) is 0 Å². The van der Waals surface area contributed by atoms with Gasteiger partial charge in [0.2, 0.25) is 5.91 Å². The zero-order valence-electron chi connectivity index (χ0n) is 31.7. The minimum Gasteiger partial charge on any atom is -0.434 e. The van der Waals surface area contributed by atoms with Crippen LogP contribution in [-0.2, 0) is 31.9 Å². The number of nitrogens with zero attached hydrogens (tertiary/aromatic N) is 5. The molecule has 14 heteroatoms. The van der Waals surface area contributed by atoms with Crippen LogP contribution in [0.5, 0.6) is 0 Å². The molecule has 1 aliphatic carbocycles. The minimum absolute atomic E-state index is 0.0654. The van der Waals surface area contributed by atoms with Crippen LogP contribution in [0.15, 0.2) is 42.9 Å². The molecule has 53 heavy (non-hydrogen) atoms. The van der Waals surface area contributed by atoms with Gasteiger partial charge in [-0.25, -0.2) is 24.6 Å². The molecule has 3 N–H and O–H groups in total. The predicted octanol–water partition coefficient (Wildman–Crippen LogP) is 4.15. The van der Waals surface area contributed by atoms with Crippen LogP contribution in [0.2, 0.25) is 0 Å². The van der Waals surface area contributed by atoms with E-state index in [4.69, 9.17) is 9.47 Å². The Labute approximate surface area is 313 Å². The number of amides is 5. The van der Waals surface area contributed by atoms with E-state index in [2.05, 4.69) is 29.1 Å². The van der Waals surface area contributed by atoms with Crippen LogP contribution in [-0.4, -0.2) is 130 Å². The van der Waals surface area contributed by atoms with Crippen molar-refractivity contribution < 1.29 is 33.8 Å². The molecule has 2 aromatic rings. The molecule has 3 heterocycles. The molecular weight excluding hydrogens is 678 g/mol. The van der Waals surface area contributed by atoms with Gasteiger partial charge in [0, 0.05) is 52.3 Å². The van der Waals surface area contributed by atoms with Crippen LogP contribution in [0.1, 0.15) is 82.9 Å². The lowest BCUT2D eigenvalue weighted by molar-refractivity contribution is -0.147. The SMILES string of the molecule is CC(C)CCC(O)C(CC1CCCCC1)NC(=O)[C@H](Cc1c[nH]cn1)N(C)C(=O)C(Cc1ccccc1)OC(=O)N1CCCN1C(=O)N1CCOCC1. The highest BCUT2D eigenvalue weighted by atomic mass is 16.6. The molecule has 1 aromatic heterocycles. The Bertz CT molecular complexity index is 1450. The summed E-state index contributed by atoms with van der Waals surface area (Å²) in [6.07, 6.45) is 8.80. The molecule has 5 amide bonds. The Hall–Kier alpha value is -4.17. The molecule has 3 aliphatic rings. The smallest absolute Gasteiger partial charge is 0.429 e. The minimum atomic E-state index is -1.29. The van der Waals surface area contributed by atoms with Gasteiger partial charge in [0.25, 0.3) is 5.91 Å². The van der Waals surface area contributed by atoms with Gasteiger partial charge in [0.1, 0.15) is 6.04 Å². The first-order chi connectivity index (χ1) is 25.6. The molecule has 3 unspecified atom stereocenters. The molecule has 2 saturated heterocycles. The van der Waals surface area contributed by atoms with Gasteiger partial charge < -0.3 is 34.7 Å². The third-order valence-electron chi connectivity index (χ3n) is 10.7. The van der Waals surface area contributed by atoms with Gasteiger partial charge in [0.05, 0.1) is 37.4 Å². The van der Waals surface area contributed by atoms with Crippen molar-refractivity contribution in [3.05, 3.63) is 54.1 Å². The Morgan fingerprint density at radius 3 is 2.38 bits per heavy atom. The van der Waals surface area contributed by atoms with Crippen LogP contribution < -0.4 is 5.32 Å². The van der Waals surface area contributed by atoms with Gasteiger partial charge in [-0.3, -0.25) is 9.59 Å². The van der Waals surface area contributed by atoms with Gasteiger partial charge >= 0.3 is 12.1 Å².